The van der Waals surface area contributed by atoms with E-state index in [1.807, 2.05) is 32.9 Å². The number of rotatable bonds is 2. The number of pyridine rings is 1. The molecule has 0 aromatic carbocycles. The fraction of sp³-hybridized carbons (Fsp3) is 0.250. The first kappa shape index (κ1) is 11.3. The van der Waals surface area contributed by atoms with Crippen LogP contribution in [-0.4, -0.2) is 20.7 Å². The number of primary amides is 1. The Labute approximate surface area is 99.3 Å². The van der Waals surface area contributed by atoms with Gasteiger partial charge in [0.25, 0.3) is 5.91 Å². The maximum atomic E-state index is 11.5. The first-order valence-corrected chi connectivity index (χ1v) is 5.29. The number of carbonyl (C=O) groups is 1. The number of hydrogen-bond donors (Lipinski definition) is 1. The van der Waals surface area contributed by atoms with Crippen LogP contribution in [0.4, 0.5) is 0 Å². The minimum absolute atomic E-state index is 0.415. The molecule has 17 heavy (non-hydrogen) atoms. The molecule has 0 atom stereocenters. The Hall–Kier alpha value is -2.17. The summed E-state index contributed by atoms with van der Waals surface area (Å²) in [5, 5.41) is 4.25. The fourth-order valence-electron chi connectivity index (χ4n) is 1.82. The highest BCUT2D eigenvalue weighted by Gasteiger charge is 2.15. The van der Waals surface area contributed by atoms with Crippen molar-refractivity contribution in [2.75, 3.05) is 0 Å². The normalized spacial score (nSPS) is 10.5. The number of aromatic nitrogens is 3. The third kappa shape index (κ3) is 2.04. The highest BCUT2D eigenvalue weighted by molar-refractivity contribution is 5.97. The molecule has 2 N–H and O–H groups in total. The number of nitrogens with zero attached hydrogens (tertiary/aromatic N) is 3. The van der Waals surface area contributed by atoms with Gasteiger partial charge in [0.15, 0.2) is 5.82 Å². The Morgan fingerprint density at radius 2 is 2.00 bits per heavy atom. The Morgan fingerprint density at radius 1 is 1.29 bits per heavy atom. The molecule has 88 valence electrons. The summed E-state index contributed by atoms with van der Waals surface area (Å²) in [6.45, 7) is 5.59. The lowest BCUT2D eigenvalue weighted by Gasteiger charge is -2.10. The third-order valence-electron chi connectivity index (χ3n) is 2.51. The van der Waals surface area contributed by atoms with Crippen LogP contribution in [0.15, 0.2) is 18.3 Å². The quantitative estimate of drug-likeness (QED) is 0.844. The Kier molecular flexibility index (Phi) is 2.67. The Bertz CT molecular complexity index is 586. The molecule has 0 saturated heterocycles. The van der Waals surface area contributed by atoms with Crippen molar-refractivity contribution < 1.29 is 4.79 Å². The van der Waals surface area contributed by atoms with Gasteiger partial charge in [0.2, 0.25) is 0 Å². The highest BCUT2D eigenvalue weighted by atomic mass is 16.1. The van der Waals surface area contributed by atoms with Gasteiger partial charge in [0.1, 0.15) is 0 Å². The van der Waals surface area contributed by atoms with Crippen LogP contribution in [0.5, 0.6) is 0 Å². The second-order valence-electron chi connectivity index (χ2n) is 4.05. The molecule has 0 fully saturated rings. The van der Waals surface area contributed by atoms with E-state index in [1.54, 1.807) is 10.9 Å². The van der Waals surface area contributed by atoms with Crippen molar-refractivity contribution in [3.63, 3.8) is 0 Å². The van der Waals surface area contributed by atoms with Crippen molar-refractivity contribution in [3.8, 4) is 5.82 Å². The van der Waals surface area contributed by atoms with Crippen LogP contribution in [0.1, 0.15) is 27.3 Å². The molecule has 0 aliphatic rings. The Balaban J connectivity index is 2.71. The number of carbonyl (C=O) groups excluding carboxylic acids is 1. The van der Waals surface area contributed by atoms with Gasteiger partial charge in [-0.3, -0.25) is 4.79 Å². The zero-order valence-corrected chi connectivity index (χ0v) is 10.1. The number of aryl methyl sites for hydroxylation is 3. The fourth-order valence-corrected chi connectivity index (χ4v) is 1.82. The minimum atomic E-state index is -0.488. The van der Waals surface area contributed by atoms with Crippen LogP contribution in [0.3, 0.4) is 0 Å². The zero-order valence-electron chi connectivity index (χ0n) is 10.1. The maximum Gasteiger partial charge on any atom is 0.252 e. The molecule has 2 rings (SSSR count). The Morgan fingerprint density at radius 3 is 2.53 bits per heavy atom. The molecule has 5 heteroatoms. The van der Waals surface area contributed by atoms with Crippen LogP contribution >= 0.6 is 0 Å². The largest absolute Gasteiger partial charge is 0.365 e. The van der Waals surface area contributed by atoms with E-state index < -0.39 is 5.91 Å². The molecule has 1 amide bonds. The second-order valence-corrected chi connectivity index (χ2v) is 4.05. The van der Waals surface area contributed by atoms with Gasteiger partial charge >= 0.3 is 0 Å². The van der Waals surface area contributed by atoms with E-state index in [1.165, 1.54) is 0 Å². The van der Waals surface area contributed by atoms with Crippen molar-refractivity contribution in [2.45, 2.75) is 20.8 Å². The van der Waals surface area contributed by atoms with Crippen LogP contribution in [0.25, 0.3) is 5.82 Å². The lowest BCUT2D eigenvalue weighted by atomic mass is 10.1. The molecule has 0 aliphatic heterocycles. The summed E-state index contributed by atoms with van der Waals surface area (Å²) in [7, 11) is 0. The van der Waals surface area contributed by atoms with Crippen molar-refractivity contribution in [1.82, 2.24) is 14.8 Å². The van der Waals surface area contributed by atoms with Gasteiger partial charge in [-0.1, -0.05) is 0 Å². The average molecular weight is 230 g/mol. The van der Waals surface area contributed by atoms with Gasteiger partial charge in [-0.25, -0.2) is 9.67 Å². The second kappa shape index (κ2) is 4.01. The monoisotopic (exact) mass is 230 g/mol. The van der Waals surface area contributed by atoms with E-state index in [9.17, 15) is 4.79 Å². The lowest BCUT2D eigenvalue weighted by Crippen LogP contribution is -2.18. The molecule has 2 aromatic rings. The molecule has 0 bridgehead atoms. The summed E-state index contributed by atoms with van der Waals surface area (Å²) in [5.41, 5.74) is 8.31. The van der Waals surface area contributed by atoms with E-state index in [0.29, 0.717) is 11.4 Å². The van der Waals surface area contributed by atoms with E-state index in [4.69, 9.17) is 5.73 Å². The summed E-state index contributed by atoms with van der Waals surface area (Å²) in [5.74, 6) is 0.00116. The van der Waals surface area contributed by atoms with E-state index >= 15 is 0 Å². The molecular weight excluding hydrogens is 216 g/mol. The summed E-state index contributed by atoms with van der Waals surface area (Å²) >= 11 is 0. The number of nitrogens with two attached hydrogens (primary N) is 1. The van der Waals surface area contributed by atoms with Gasteiger partial charge in [-0.15, -0.1) is 0 Å². The molecule has 0 saturated carbocycles. The maximum absolute atomic E-state index is 11.5. The third-order valence-corrected chi connectivity index (χ3v) is 2.51. The van der Waals surface area contributed by atoms with Crippen molar-refractivity contribution in [2.24, 2.45) is 5.73 Å². The van der Waals surface area contributed by atoms with Gasteiger partial charge in [-0.2, -0.15) is 5.10 Å². The van der Waals surface area contributed by atoms with Gasteiger partial charge < -0.3 is 5.73 Å². The molecule has 0 spiro atoms. The highest BCUT2D eigenvalue weighted by Crippen LogP contribution is 2.17. The van der Waals surface area contributed by atoms with Crippen LogP contribution in [-0.2, 0) is 0 Å². The van der Waals surface area contributed by atoms with Crippen molar-refractivity contribution in [1.29, 1.82) is 0 Å². The zero-order chi connectivity index (χ0) is 12.6. The molecule has 2 heterocycles. The van der Waals surface area contributed by atoms with Crippen LogP contribution in [0.2, 0.25) is 0 Å². The predicted molar refractivity (Wildman–Crippen MR) is 64.1 cm³/mol. The van der Waals surface area contributed by atoms with Gasteiger partial charge in [0, 0.05) is 11.9 Å². The average Bonchev–Trinajstić information content (AvgIpc) is 2.62. The van der Waals surface area contributed by atoms with E-state index in [-0.39, 0.29) is 0 Å². The molecule has 5 nitrogen and oxygen atoms in total. The van der Waals surface area contributed by atoms with E-state index in [2.05, 4.69) is 10.1 Å². The number of amides is 1. The molecule has 2 aromatic heterocycles. The summed E-state index contributed by atoms with van der Waals surface area (Å²) < 4.78 is 1.58. The van der Waals surface area contributed by atoms with Gasteiger partial charge in [-0.05, 0) is 38.5 Å². The van der Waals surface area contributed by atoms with Gasteiger partial charge in [0.05, 0.1) is 11.3 Å². The van der Waals surface area contributed by atoms with Crippen LogP contribution in [0, 0.1) is 20.8 Å². The smallest absolute Gasteiger partial charge is 0.252 e. The predicted octanol–water partition coefficient (Wildman–Crippen LogP) is 1.29. The van der Waals surface area contributed by atoms with Crippen LogP contribution < -0.4 is 5.73 Å². The molecule has 0 unspecified atom stereocenters. The first-order chi connectivity index (χ1) is 7.99. The minimum Gasteiger partial charge on any atom is -0.365 e. The van der Waals surface area contributed by atoms with Crippen molar-refractivity contribution >= 4 is 5.91 Å². The first-order valence-electron chi connectivity index (χ1n) is 5.29. The molecule has 0 aliphatic carbocycles. The molecule has 0 radical (unpaired) electrons. The molecular formula is C12H14N4O. The standard InChI is InChI=1S/C12H14N4O/c1-7-6-9(3)14-12(10(7)11(13)17)16-5-4-8(2)15-16/h4-6H,1-3H3,(H2,13,17). The van der Waals surface area contributed by atoms with Crippen molar-refractivity contribution in [3.05, 3.63) is 40.8 Å². The summed E-state index contributed by atoms with van der Waals surface area (Å²) in [6.07, 6.45) is 1.77. The lowest BCUT2D eigenvalue weighted by molar-refractivity contribution is 0.0999. The topological polar surface area (TPSA) is 73.8 Å². The SMILES string of the molecule is Cc1cc(C)c(C(N)=O)c(-n2ccc(C)n2)n1. The number of hydrogen-bond acceptors (Lipinski definition) is 3. The summed E-state index contributed by atoms with van der Waals surface area (Å²) in [4.78, 5) is 15.8. The summed E-state index contributed by atoms with van der Waals surface area (Å²) in [6, 6.07) is 3.68. The van der Waals surface area contributed by atoms with E-state index in [0.717, 1.165) is 17.0 Å².